The number of ether oxygens (including phenoxy) is 1. The summed E-state index contributed by atoms with van der Waals surface area (Å²) < 4.78 is 5.17. The number of carbonyl (C=O) groups excluding carboxylic acids is 3. The van der Waals surface area contributed by atoms with Crippen molar-refractivity contribution in [1.82, 2.24) is 0 Å². The predicted molar refractivity (Wildman–Crippen MR) is 112 cm³/mol. The standard InChI is InChI=1S/C23H26N2O4/c1-14-5-8-20(17(4)9-14)25-12-18(11-22(25)27)23(28)29-13-21(26)24-19-7-6-15(2)16(3)10-19/h5-10,18H,11-13H2,1-4H3,(H,24,26)/t18-/m1/s1. The van der Waals surface area contributed by atoms with Crippen LogP contribution in [0.1, 0.15) is 28.7 Å². The maximum absolute atomic E-state index is 12.4. The second-order valence-electron chi connectivity index (χ2n) is 7.65. The van der Waals surface area contributed by atoms with Crippen molar-refractivity contribution in [3.8, 4) is 0 Å². The van der Waals surface area contributed by atoms with E-state index in [1.54, 1.807) is 11.0 Å². The molecule has 0 bridgehead atoms. The first-order chi connectivity index (χ1) is 13.7. The van der Waals surface area contributed by atoms with Crippen LogP contribution in [0.15, 0.2) is 36.4 Å². The molecule has 1 fully saturated rings. The highest BCUT2D eigenvalue weighted by molar-refractivity contribution is 6.00. The molecule has 0 aromatic heterocycles. The van der Waals surface area contributed by atoms with Gasteiger partial charge in [0.2, 0.25) is 5.91 Å². The second kappa shape index (κ2) is 8.47. The first-order valence-corrected chi connectivity index (χ1v) is 9.66. The van der Waals surface area contributed by atoms with Gasteiger partial charge in [-0.05, 0) is 62.6 Å². The van der Waals surface area contributed by atoms with Crippen LogP contribution in [0.2, 0.25) is 0 Å². The lowest BCUT2D eigenvalue weighted by atomic mass is 10.1. The fraction of sp³-hybridized carbons (Fsp3) is 0.348. The van der Waals surface area contributed by atoms with Gasteiger partial charge in [0, 0.05) is 24.3 Å². The molecule has 0 aliphatic carbocycles. The van der Waals surface area contributed by atoms with Gasteiger partial charge in [-0.2, -0.15) is 0 Å². The van der Waals surface area contributed by atoms with Gasteiger partial charge in [0.15, 0.2) is 6.61 Å². The van der Waals surface area contributed by atoms with E-state index < -0.39 is 17.8 Å². The molecule has 1 aliphatic heterocycles. The van der Waals surface area contributed by atoms with Crippen molar-refractivity contribution in [2.45, 2.75) is 34.1 Å². The summed E-state index contributed by atoms with van der Waals surface area (Å²) in [6.45, 7) is 7.78. The third kappa shape index (κ3) is 4.83. The van der Waals surface area contributed by atoms with Gasteiger partial charge < -0.3 is 15.0 Å². The molecule has 29 heavy (non-hydrogen) atoms. The van der Waals surface area contributed by atoms with E-state index >= 15 is 0 Å². The van der Waals surface area contributed by atoms with Crippen LogP contribution >= 0.6 is 0 Å². The number of aryl methyl sites for hydroxylation is 4. The molecular formula is C23H26N2O4. The third-order valence-corrected chi connectivity index (χ3v) is 5.24. The van der Waals surface area contributed by atoms with Crippen molar-refractivity contribution in [3.05, 3.63) is 58.7 Å². The van der Waals surface area contributed by atoms with E-state index in [-0.39, 0.29) is 25.5 Å². The summed E-state index contributed by atoms with van der Waals surface area (Å²) in [6.07, 6.45) is 0.0882. The normalized spacial score (nSPS) is 16.1. The number of nitrogens with zero attached hydrogens (tertiary/aromatic N) is 1. The summed E-state index contributed by atoms with van der Waals surface area (Å²) in [5.41, 5.74) is 5.77. The van der Waals surface area contributed by atoms with Crippen LogP contribution in [-0.2, 0) is 19.1 Å². The van der Waals surface area contributed by atoms with E-state index in [1.165, 1.54) is 0 Å². The number of hydrogen-bond acceptors (Lipinski definition) is 4. The average molecular weight is 394 g/mol. The summed E-state index contributed by atoms with van der Waals surface area (Å²) in [5, 5.41) is 2.72. The molecule has 1 saturated heterocycles. The lowest BCUT2D eigenvalue weighted by Crippen LogP contribution is -2.28. The van der Waals surface area contributed by atoms with Gasteiger partial charge in [-0.15, -0.1) is 0 Å². The maximum Gasteiger partial charge on any atom is 0.311 e. The summed E-state index contributed by atoms with van der Waals surface area (Å²) in [7, 11) is 0. The van der Waals surface area contributed by atoms with Crippen molar-refractivity contribution < 1.29 is 19.1 Å². The Morgan fingerprint density at radius 2 is 1.79 bits per heavy atom. The Morgan fingerprint density at radius 3 is 2.48 bits per heavy atom. The van der Waals surface area contributed by atoms with Crippen LogP contribution in [0.5, 0.6) is 0 Å². The molecule has 3 rings (SSSR count). The van der Waals surface area contributed by atoms with E-state index in [0.717, 1.165) is 27.9 Å². The number of rotatable bonds is 5. The summed E-state index contributed by atoms with van der Waals surface area (Å²) in [4.78, 5) is 38.5. The Labute approximate surface area is 170 Å². The van der Waals surface area contributed by atoms with Gasteiger partial charge in [0.25, 0.3) is 5.91 Å². The van der Waals surface area contributed by atoms with E-state index in [4.69, 9.17) is 4.74 Å². The van der Waals surface area contributed by atoms with Crippen LogP contribution in [0.4, 0.5) is 11.4 Å². The minimum Gasteiger partial charge on any atom is -0.455 e. The topological polar surface area (TPSA) is 75.7 Å². The zero-order valence-electron chi connectivity index (χ0n) is 17.2. The molecule has 152 valence electrons. The summed E-state index contributed by atoms with van der Waals surface area (Å²) in [5.74, 6) is -1.62. The molecule has 0 unspecified atom stereocenters. The molecule has 0 saturated carbocycles. The highest BCUT2D eigenvalue weighted by Gasteiger charge is 2.36. The van der Waals surface area contributed by atoms with Gasteiger partial charge in [0.1, 0.15) is 0 Å². The molecule has 2 aromatic rings. The molecule has 1 heterocycles. The Hall–Kier alpha value is -3.15. The van der Waals surface area contributed by atoms with E-state index in [2.05, 4.69) is 5.32 Å². The molecule has 1 aliphatic rings. The van der Waals surface area contributed by atoms with E-state index in [9.17, 15) is 14.4 Å². The van der Waals surface area contributed by atoms with Crippen LogP contribution in [0, 0.1) is 33.6 Å². The molecule has 2 aromatic carbocycles. The monoisotopic (exact) mass is 394 g/mol. The molecule has 1 N–H and O–H groups in total. The van der Waals surface area contributed by atoms with Crippen LogP contribution in [0.25, 0.3) is 0 Å². The summed E-state index contributed by atoms with van der Waals surface area (Å²) >= 11 is 0. The Balaban J connectivity index is 1.55. The lowest BCUT2D eigenvalue weighted by Gasteiger charge is -2.19. The van der Waals surface area contributed by atoms with Crippen molar-refractivity contribution in [1.29, 1.82) is 0 Å². The lowest BCUT2D eigenvalue weighted by molar-refractivity contribution is -0.151. The van der Waals surface area contributed by atoms with Crippen LogP contribution in [0.3, 0.4) is 0 Å². The first-order valence-electron chi connectivity index (χ1n) is 9.66. The fourth-order valence-electron chi connectivity index (χ4n) is 3.48. The molecule has 2 amide bonds. The van der Waals surface area contributed by atoms with Crippen molar-refractivity contribution >= 4 is 29.2 Å². The zero-order chi connectivity index (χ0) is 21.1. The molecule has 0 radical (unpaired) electrons. The largest absolute Gasteiger partial charge is 0.455 e. The highest BCUT2D eigenvalue weighted by atomic mass is 16.5. The highest BCUT2D eigenvalue weighted by Crippen LogP contribution is 2.29. The smallest absolute Gasteiger partial charge is 0.311 e. The number of carbonyl (C=O) groups is 3. The van der Waals surface area contributed by atoms with Crippen LogP contribution < -0.4 is 10.2 Å². The van der Waals surface area contributed by atoms with Crippen LogP contribution in [-0.4, -0.2) is 30.9 Å². The van der Waals surface area contributed by atoms with E-state index in [1.807, 2.05) is 58.0 Å². The van der Waals surface area contributed by atoms with Gasteiger partial charge in [-0.25, -0.2) is 0 Å². The molecule has 6 nitrogen and oxygen atoms in total. The van der Waals surface area contributed by atoms with Crippen molar-refractivity contribution in [2.24, 2.45) is 5.92 Å². The van der Waals surface area contributed by atoms with E-state index in [0.29, 0.717) is 5.69 Å². The third-order valence-electron chi connectivity index (χ3n) is 5.24. The number of hydrogen-bond donors (Lipinski definition) is 1. The van der Waals surface area contributed by atoms with Gasteiger partial charge in [0.05, 0.1) is 5.92 Å². The van der Waals surface area contributed by atoms with Crippen molar-refractivity contribution in [2.75, 3.05) is 23.4 Å². The minimum absolute atomic E-state index is 0.0882. The first kappa shape index (κ1) is 20.6. The molecule has 0 spiro atoms. The maximum atomic E-state index is 12.4. The molecule has 1 atom stereocenters. The SMILES string of the molecule is Cc1ccc(N2C[C@H](C(=O)OCC(=O)Nc3ccc(C)c(C)c3)CC2=O)c(C)c1. The average Bonchev–Trinajstić information content (AvgIpc) is 3.04. The minimum atomic E-state index is -0.572. The van der Waals surface area contributed by atoms with Gasteiger partial charge >= 0.3 is 5.97 Å². The van der Waals surface area contributed by atoms with Gasteiger partial charge in [-0.3, -0.25) is 14.4 Å². The predicted octanol–water partition coefficient (Wildman–Crippen LogP) is 3.46. The number of esters is 1. The Morgan fingerprint density at radius 1 is 1.03 bits per heavy atom. The quantitative estimate of drug-likeness (QED) is 0.788. The van der Waals surface area contributed by atoms with Gasteiger partial charge in [-0.1, -0.05) is 23.8 Å². The zero-order valence-corrected chi connectivity index (χ0v) is 17.2. The Kier molecular flexibility index (Phi) is 6.01. The second-order valence-corrected chi connectivity index (χ2v) is 7.65. The summed E-state index contributed by atoms with van der Waals surface area (Å²) in [6, 6.07) is 11.4. The number of nitrogens with one attached hydrogen (secondary N) is 1. The number of benzene rings is 2. The number of amides is 2. The molecular weight excluding hydrogens is 368 g/mol. The number of anilines is 2. The van der Waals surface area contributed by atoms with Crippen molar-refractivity contribution in [3.63, 3.8) is 0 Å². The molecule has 6 heteroatoms. The Bertz CT molecular complexity index is 967. The fourth-order valence-corrected chi connectivity index (χ4v) is 3.48.